The number of fused-ring (bicyclic) bond motifs is 1. The lowest BCUT2D eigenvalue weighted by Gasteiger charge is -2.24. The standard InChI is InChI=1S/C9H9FN2O/c1-5-9(13)12-8-6(10)3-2-4-7(8)11-5/h2-5,11H,1H3,(H,12,13). The summed E-state index contributed by atoms with van der Waals surface area (Å²) in [5.74, 6) is -0.622. The van der Waals surface area contributed by atoms with Gasteiger partial charge in [-0.15, -0.1) is 0 Å². The molecule has 13 heavy (non-hydrogen) atoms. The third-order valence-corrected chi connectivity index (χ3v) is 2.03. The van der Waals surface area contributed by atoms with Gasteiger partial charge in [0.2, 0.25) is 5.91 Å². The van der Waals surface area contributed by atoms with Gasteiger partial charge < -0.3 is 10.6 Å². The predicted octanol–water partition coefficient (Wildman–Crippen LogP) is 1.58. The first-order valence-corrected chi connectivity index (χ1v) is 4.04. The van der Waals surface area contributed by atoms with Gasteiger partial charge in [0, 0.05) is 0 Å². The average Bonchev–Trinajstić information content (AvgIpc) is 2.09. The number of amides is 1. The van der Waals surface area contributed by atoms with Crippen LogP contribution in [0.15, 0.2) is 18.2 Å². The number of hydrogen-bond acceptors (Lipinski definition) is 2. The fourth-order valence-corrected chi connectivity index (χ4v) is 1.30. The van der Waals surface area contributed by atoms with Crippen LogP contribution in [0.1, 0.15) is 6.92 Å². The highest BCUT2D eigenvalue weighted by Crippen LogP contribution is 2.28. The van der Waals surface area contributed by atoms with Crippen molar-refractivity contribution in [3.05, 3.63) is 24.0 Å². The van der Waals surface area contributed by atoms with Gasteiger partial charge in [-0.25, -0.2) is 4.39 Å². The van der Waals surface area contributed by atoms with Gasteiger partial charge in [-0.1, -0.05) is 6.07 Å². The van der Waals surface area contributed by atoms with Crippen LogP contribution in [0.3, 0.4) is 0 Å². The van der Waals surface area contributed by atoms with Gasteiger partial charge in [-0.05, 0) is 19.1 Å². The summed E-state index contributed by atoms with van der Waals surface area (Å²) in [7, 11) is 0. The number of hydrogen-bond donors (Lipinski definition) is 2. The second-order valence-electron chi connectivity index (χ2n) is 3.02. The molecular formula is C9H9FN2O. The average molecular weight is 180 g/mol. The Labute approximate surface area is 74.9 Å². The van der Waals surface area contributed by atoms with Crippen molar-refractivity contribution < 1.29 is 9.18 Å². The van der Waals surface area contributed by atoms with E-state index in [1.807, 2.05) is 0 Å². The molecule has 1 amide bonds. The normalized spacial score (nSPS) is 20.2. The van der Waals surface area contributed by atoms with Crippen molar-refractivity contribution in [2.45, 2.75) is 13.0 Å². The fourth-order valence-electron chi connectivity index (χ4n) is 1.30. The maximum atomic E-state index is 13.1. The van der Waals surface area contributed by atoms with Crippen LogP contribution in [0.25, 0.3) is 0 Å². The molecule has 0 aromatic heterocycles. The molecule has 1 aromatic rings. The summed E-state index contributed by atoms with van der Waals surface area (Å²) in [5, 5.41) is 5.40. The van der Waals surface area contributed by atoms with Crippen LogP contribution >= 0.6 is 0 Å². The van der Waals surface area contributed by atoms with Gasteiger partial charge in [0.1, 0.15) is 17.5 Å². The van der Waals surface area contributed by atoms with Crippen LogP contribution in [0.2, 0.25) is 0 Å². The molecule has 3 nitrogen and oxygen atoms in total. The van der Waals surface area contributed by atoms with Gasteiger partial charge in [0.05, 0.1) is 5.69 Å². The molecule has 0 fully saturated rings. The van der Waals surface area contributed by atoms with E-state index in [1.165, 1.54) is 6.07 Å². The molecule has 2 N–H and O–H groups in total. The van der Waals surface area contributed by atoms with Crippen molar-refractivity contribution in [3.63, 3.8) is 0 Å². The maximum absolute atomic E-state index is 13.1. The van der Waals surface area contributed by atoms with Crippen LogP contribution in [-0.2, 0) is 4.79 Å². The summed E-state index contributed by atoms with van der Waals surface area (Å²) in [5.41, 5.74) is 0.873. The molecule has 4 heteroatoms. The number of carbonyl (C=O) groups is 1. The SMILES string of the molecule is CC1Nc2cccc(F)c2NC1=O. The van der Waals surface area contributed by atoms with Crippen molar-refractivity contribution in [1.29, 1.82) is 0 Å². The lowest BCUT2D eigenvalue weighted by Crippen LogP contribution is -2.36. The predicted molar refractivity (Wildman–Crippen MR) is 48.1 cm³/mol. The third-order valence-electron chi connectivity index (χ3n) is 2.03. The zero-order valence-electron chi connectivity index (χ0n) is 7.10. The Kier molecular flexibility index (Phi) is 1.69. The minimum absolute atomic E-state index is 0.211. The molecule has 0 saturated heterocycles. The maximum Gasteiger partial charge on any atom is 0.246 e. The number of carbonyl (C=O) groups excluding carboxylic acids is 1. The number of benzene rings is 1. The summed E-state index contributed by atoms with van der Waals surface area (Å²) in [4.78, 5) is 11.2. The first kappa shape index (κ1) is 8.04. The van der Waals surface area contributed by atoms with Crippen LogP contribution in [0.4, 0.5) is 15.8 Å². The fraction of sp³-hybridized carbons (Fsp3) is 0.222. The summed E-state index contributed by atoms with van der Waals surface area (Å²) >= 11 is 0. The van der Waals surface area contributed by atoms with E-state index in [2.05, 4.69) is 10.6 Å². The molecule has 68 valence electrons. The van der Waals surface area contributed by atoms with E-state index < -0.39 is 5.82 Å². The number of nitrogens with one attached hydrogen (secondary N) is 2. The Morgan fingerprint density at radius 3 is 3.00 bits per heavy atom. The number of rotatable bonds is 0. The summed E-state index contributed by atoms with van der Waals surface area (Å²) in [6, 6.07) is 4.34. The Balaban J connectivity index is 2.48. The van der Waals surface area contributed by atoms with E-state index in [1.54, 1.807) is 19.1 Å². The Bertz CT molecular complexity index is 365. The second kappa shape index (κ2) is 2.73. The number of anilines is 2. The largest absolute Gasteiger partial charge is 0.372 e. The van der Waals surface area contributed by atoms with E-state index in [0.29, 0.717) is 5.69 Å². The molecule has 2 rings (SSSR count). The molecule has 0 aliphatic carbocycles. The first-order valence-electron chi connectivity index (χ1n) is 4.04. The number of para-hydroxylation sites is 1. The molecule has 0 radical (unpaired) electrons. The smallest absolute Gasteiger partial charge is 0.246 e. The van der Waals surface area contributed by atoms with Crippen LogP contribution in [0.5, 0.6) is 0 Å². The molecule has 1 atom stereocenters. The lowest BCUT2D eigenvalue weighted by atomic mass is 10.1. The molecule has 1 unspecified atom stereocenters. The molecule has 0 saturated carbocycles. The van der Waals surface area contributed by atoms with Crippen molar-refractivity contribution >= 4 is 17.3 Å². The highest BCUT2D eigenvalue weighted by Gasteiger charge is 2.22. The summed E-state index contributed by atoms with van der Waals surface area (Å²) < 4.78 is 13.1. The zero-order chi connectivity index (χ0) is 9.42. The lowest BCUT2D eigenvalue weighted by molar-refractivity contribution is -0.116. The van der Waals surface area contributed by atoms with E-state index in [-0.39, 0.29) is 17.6 Å². The Morgan fingerprint density at radius 1 is 1.46 bits per heavy atom. The van der Waals surface area contributed by atoms with Crippen molar-refractivity contribution in [2.75, 3.05) is 10.6 Å². The highest BCUT2D eigenvalue weighted by molar-refractivity contribution is 6.02. The van der Waals surface area contributed by atoms with E-state index >= 15 is 0 Å². The molecule has 1 aromatic carbocycles. The van der Waals surface area contributed by atoms with E-state index in [9.17, 15) is 9.18 Å². The second-order valence-corrected chi connectivity index (χ2v) is 3.02. The third kappa shape index (κ3) is 1.24. The zero-order valence-corrected chi connectivity index (χ0v) is 7.10. The van der Waals surface area contributed by atoms with E-state index in [0.717, 1.165) is 0 Å². The molecule has 1 aliphatic rings. The molecule has 0 spiro atoms. The molecular weight excluding hydrogens is 171 g/mol. The van der Waals surface area contributed by atoms with Crippen molar-refractivity contribution in [3.8, 4) is 0 Å². The van der Waals surface area contributed by atoms with E-state index in [4.69, 9.17) is 0 Å². The molecule has 1 aliphatic heterocycles. The quantitative estimate of drug-likeness (QED) is 0.636. The van der Waals surface area contributed by atoms with Crippen LogP contribution in [0, 0.1) is 5.82 Å². The molecule has 0 bridgehead atoms. The Morgan fingerprint density at radius 2 is 2.23 bits per heavy atom. The van der Waals surface area contributed by atoms with Crippen LogP contribution < -0.4 is 10.6 Å². The summed E-state index contributed by atoms with van der Waals surface area (Å²) in [6.07, 6.45) is 0. The Hall–Kier alpha value is -1.58. The van der Waals surface area contributed by atoms with Gasteiger partial charge in [-0.3, -0.25) is 4.79 Å². The minimum atomic E-state index is -0.412. The van der Waals surface area contributed by atoms with Crippen molar-refractivity contribution in [2.24, 2.45) is 0 Å². The van der Waals surface area contributed by atoms with Crippen LogP contribution in [-0.4, -0.2) is 11.9 Å². The van der Waals surface area contributed by atoms with Gasteiger partial charge in [0.15, 0.2) is 0 Å². The van der Waals surface area contributed by atoms with Gasteiger partial charge in [0.25, 0.3) is 0 Å². The van der Waals surface area contributed by atoms with Gasteiger partial charge in [-0.2, -0.15) is 0 Å². The topological polar surface area (TPSA) is 41.1 Å². The monoisotopic (exact) mass is 180 g/mol. The van der Waals surface area contributed by atoms with Gasteiger partial charge >= 0.3 is 0 Å². The summed E-state index contributed by atoms with van der Waals surface area (Å²) in [6.45, 7) is 1.73. The van der Waals surface area contributed by atoms with Crippen molar-refractivity contribution in [1.82, 2.24) is 0 Å². The first-order chi connectivity index (χ1) is 6.18. The highest BCUT2D eigenvalue weighted by atomic mass is 19.1. The molecule has 1 heterocycles. The number of halogens is 1. The minimum Gasteiger partial charge on any atom is -0.372 e.